The Balaban J connectivity index is 2.15. The first-order chi connectivity index (χ1) is 11.5. The molecule has 0 aliphatic rings. The van der Waals surface area contributed by atoms with E-state index in [1.807, 2.05) is 0 Å². The second-order valence-corrected chi connectivity index (χ2v) is 6.22. The van der Waals surface area contributed by atoms with E-state index in [1.165, 1.54) is 0 Å². The van der Waals surface area contributed by atoms with Crippen LogP contribution < -0.4 is 10.6 Å². The number of aryl methyl sites for hydroxylation is 1. The van der Waals surface area contributed by atoms with Gasteiger partial charge in [-0.1, -0.05) is 49.0 Å². The summed E-state index contributed by atoms with van der Waals surface area (Å²) in [6, 6.07) is 6.83. The molecule has 0 atom stereocenters. The molecule has 0 fully saturated rings. The number of carbonyl (C=O) groups excluding carboxylic acids is 1. The summed E-state index contributed by atoms with van der Waals surface area (Å²) >= 11 is 12.3. The lowest BCUT2D eigenvalue weighted by molar-refractivity contribution is 0.0948. The number of hydrogen-bond donors (Lipinski definition) is 2. The van der Waals surface area contributed by atoms with Crippen LogP contribution in [0.15, 0.2) is 24.3 Å². The molecule has 5 nitrogen and oxygen atoms in total. The number of nitrogens with zero attached hydrogens (tertiary/aromatic N) is 2. The van der Waals surface area contributed by atoms with Crippen LogP contribution >= 0.6 is 23.2 Å². The minimum absolute atomic E-state index is 0.218. The Morgan fingerprint density at radius 1 is 1.17 bits per heavy atom. The first-order valence-corrected chi connectivity index (χ1v) is 8.61. The monoisotopic (exact) mass is 366 g/mol. The Bertz CT molecular complexity index is 701. The molecular formula is C17H20Cl2N4O. The third-order valence-corrected chi connectivity index (χ3v) is 3.98. The topological polar surface area (TPSA) is 66.9 Å². The zero-order chi connectivity index (χ0) is 17.5. The van der Waals surface area contributed by atoms with Crippen LogP contribution in [0, 0.1) is 6.92 Å². The number of para-hydroxylation sites is 1. The van der Waals surface area contributed by atoms with Crippen LogP contribution in [0.2, 0.25) is 10.0 Å². The molecule has 2 N–H and O–H groups in total. The number of hydrogen-bond acceptors (Lipinski definition) is 4. The van der Waals surface area contributed by atoms with Gasteiger partial charge in [0.15, 0.2) is 0 Å². The summed E-state index contributed by atoms with van der Waals surface area (Å²) in [6.07, 6.45) is 3.14. The van der Waals surface area contributed by atoms with E-state index in [4.69, 9.17) is 23.2 Å². The maximum atomic E-state index is 12.2. The van der Waals surface area contributed by atoms with Gasteiger partial charge >= 0.3 is 0 Å². The lowest BCUT2D eigenvalue weighted by atomic mass is 10.2. The summed E-state index contributed by atoms with van der Waals surface area (Å²) in [6.45, 7) is 4.55. The Labute approximate surface area is 151 Å². The number of nitrogens with one attached hydrogen (secondary N) is 2. The number of anilines is 2. The lowest BCUT2D eigenvalue weighted by Crippen LogP contribution is -2.26. The molecule has 0 saturated heterocycles. The summed E-state index contributed by atoms with van der Waals surface area (Å²) in [4.78, 5) is 20.8. The van der Waals surface area contributed by atoms with Gasteiger partial charge in [-0.25, -0.2) is 9.97 Å². The third kappa shape index (κ3) is 5.08. The van der Waals surface area contributed by atoms with Crippen molar-refractivity contribution >= 4 is 40.7 Å². The maximum absolute atomic E-state index is 12.2. The number of rotatable bonds is 7. The normalized spacial score (nSPS) is 10.5. The molecule has 2 rings (SSSR count). The quantitative estimate of drug-likeness (QED) is 0.693. The Kier molecular flexibility index (Phi) is 6.82. The first-order valence-electron chi connectivity index (χ1n) is 7.86. The third-order valence-electron chi connectivity index (χ3n) is 3.35. The Hall–Kier alpha value is -1.85. The molecule has 2 aromatic rings. The SMILES string of the molecule is CCCCCNC(=O)c1cc(C)nc(Nc2c(Cl)cccc2Cl)n1. The van der Waals surface area contributed by atoms with Crippen LogP contribution in [0.1, 0.15) is 42.4 Å². The fourth-order valence-corrected chi connectivity index (χ4v) is 2.63. The van der Waals surface area contributed by atoms with Crippen molar-refractivity contribution < 1.29 is 4.79 Å². The van der Waals surface area contributed by atoms with Crippen LogP contribution in [0.4, 0.5) is 11.6 Å². The number of unbranched alkanes of at least 4 members (excludes halogenated alkanes) is 2. The molecule has 7 heteroatoms. The molecule has 1 aromatic heterocycles. The van der Waals surface area contributed by atoms with Crippen molar-refractivity contribution in [2.45, 2.75) is 33.1 Å². The number of aromatic nitrogens is 2. The molecular weight excluding hydrogens is 347 g/mol. The first kappa shape index (κ1) is 18.5. The van der Waals surface area contributed by atoms with Gasteiger partial charge in [-0.3, -0.25) is 4.79 Å². The summed E-state index contributed by atoms with van der Waals surface area (Å²) in [5, 5.41) is 6.77. The van der Waals surface area contributed by atoms with Crippen molar-refractivity contribution in [3.05, 3.63) is 45.7 Å². The van der Waals surface area contributed by atoms with Crippen LogP contribution in [0.3, 0.4) is 0 Å². The number of halogens is 2. The highest BCUT2D eigenvalue weighted by molar-refractivity contribution is 6.39. The predicted molar refractivity (Wildman–Crippen MR) is 98.4 cm³/mol. The number of amides is 1. The van der Waals surface area contributed by atoms with Gasteiger partial charge in [0, 0.05) is 12.2 Å². The van der Waals surface area contributed by atoms with E-state index in [0.717, 1.165) is 19.3 Å². The van der Waals surface area contributed by atoms with Crippen LogP contribution in [0.25, 0.3) is 0 Å². The second kappa shape index (κ2) is 8.85. The molecule has 1 amide bonds. The van der Waals surface area contributed by atoms with Crippen molar-refractivity contribution in [3.63, 3.8) is 0 Å². The minimum atomic E-state index is -0.218. The fraction of sp³-hybridized carbons (Fsp3) is 0.353. The van der Waals surface area contributed by atoms with Gasteiger partial charge in [0.2, 0.25) is 5.95 Å². The van der Waals surface area contributed by atoms with E-state index < -0.39 is 0 Å². The molecule has 0 unspecified atom stereocenters. The summed E-state index contributed by atoms with van der Waals surface area (Å²) in [5.74, 6) is 0.0635. The van der Waals surface area contributed by atoms with Crippen molar-refractivity contribution in [1.29, 1.82) is 0 Å². The average Bonchev–Trinajstić information content (AvgIpc) is 2.54. The van der Waals surface area contributed by atoms with E-state index in [-0.39, 0.29) is 11.9 Å². The van der Waals surface area contributed by atoms with E-state index >= 15 is 0 Å². The van der Waals surface area contributed by atoms with Crippen molar-refractivity contribution in [2.24, 2.45) is 0 Å². The minimum Gasteiger partial charge on any atom is -0.351 e. The predicted octanol–water partition coefficient (Wildman–Crippen LogP) is 4.76. The van der Waals surface area contributed by atoms with E-state index in [2.05, 4.69) is 27.5 Å². The zero-order valence-corrected chi connectivity index (χ0v) is 15.2. The highest BCUT2D eigenvalue weighted by Crippen LogP contribution is 2.31. The molecule has 0 spiro atoms. The average molecular weight is 367 g/mol. The van der Waals surface area contributed by atoms with Crippen LogP contribution in [0.5, 0.6) is 0 Å². The Morgan fingerprint density at radius 3 is 2.54 bits per heavy atom. The van der Waals surface area contributed by atoms with Gasteiger partial charge in [0.25, 0.3) is 5.91 Å². The maximum Gasteiger partial charge on any atom is 0.270 e. The van der Waals surface area contributed by atoms with E-state index in [1.54, 1.807) is 31.2 Å². The summed E-state index contributed by atoms with van der Waals surface area (Å²) in [7, 11) is 0. The molecule has 0 bridgehead atoms. The van der Waals surface area contributed by atoms with Gasteiger partial charge in [-0.2, -0.15) is 0 Å². The summed E-state index contributed by atoms with van der Waals surface area (Å²) in [5.41, 5.74) is 1.50. The molecule has 128 valence electrons. The molecule has 1 aromatic carbocycles. The van der Waals surface area contributed by atoms with E-state index in [9.17, 15) is 4.79 Å². The molecule has 24 heavy (non-hydrogen) atoms. The van der Waals surface area contributed by atoms with Gasteiger partial charge < -0.3 is 10.6 Å². The number of benzene rings is 1. The van der Waals surface area contributed by atoms with Crippen molar-refractivity contribution in [1.82, 2.24) is 15.3 Å². The highest BCUT2D eigenvalue weighted by Gasteiger charge is 2.12. The molecule has 0 aliphatic heterocycles. The molecule has 0 aliphatic carbocycles. The molecule has 1 heterocycles. The van der Waals surface area contributed by atoms with Gasteiger partial charge in [0.05, 0.1) is 15.7 Å². The smallest absolute Gasteiger partial charge is 0.270 e. The van der Waals surface area contributed by atoms with Gasteiger partial charge in [0.1, 0.15) is 5.69 Å². The van der Waals surface area contributed by atoms with Crippen LogP contribution in [-0.2, 0) is 0 Å². The largest absolute Gasteiger partial charge is 0.351 e. The highest BCUT2D eigenvalue weighted by atomic mass is 35.5. The van der Waals surface area contributed by atoms with Crippen molar-refractivity contribution in [3.8, 4) is 0 Å². The lowest BCUT2D eigenvalue weighted by Gasteiger charge is -2.11. The second-order valence-electron chi connectivity index (χ2n) is 5.40. The van der Waals surface area contributed by atoms with Crippen LogP contribution in [-0.4, -0.2) is 22.4 Å². The Morgan fingerprint density at radius 2 is 1.88 bits per heavy atom. The summed E-state index contributed by atoms with van der Waals surface area (Å²) < 4.78 is 0. The van der Waals surface area contributed by atoms with Gasteiger partial charge in [-0.05, 0) is 31.5 Å². The zero-order valence-electron chi connectivity index (χ0n) is 13.7. The van der Waals surface area contributed by atoms with Crippen molar-refractivity contribution in [2.75, 3.05) is 11.9 Å². The number of carbonyl (C=O) groups is 1. The molecule has 0 saturated carbocycles. The molecule has 0 radical (unpaired) electrons. The fourth-order valence-electron chi connectivity index (χ4n) is 2.14. The van der Waals surface area contributed by atoms with E-state index in [0.29, 0.717) is 33.7 Å². The standard InChI is InChI=1S/C17H20Cl2N4O/c1-3-4-5-9-20-16(24)14-10-11(2)21-17(22-14)23-15-12(18)7-6-8-13(15)19/h6-8,10H,3-5,9H2,1-2H3,(H,20,24)(H,21,22,23). The van der Waals surface area contributed by atoms with Gasteiger partial charge in [-0.15, -0.1) is 0 Å².